The SMILES string of the molecule is O=[C]c1ccccc1OCF. The van der Waals surface area contributed by atoms with Gasteiger partial charge in [-0.3, -0.25) is 4.79 Å². The molecule has 2 nitrogen and oxygen atoms in total. The van der Waals surface area contributed by atoms with Crippen LogP contribution in [0.5, 0.6) is 5.75 Å². The summed E-state index contributed by atoms with van der Waals surface area (Å²) in [4.78, 5) is 10.2. The van der Waals surface area contributed by atoms with Gasteiger partial charge in [0.25, 0.3) is 0 Å². The lowest BCUT2D eigenvalue weighted by Gasteiger charge is -2.01. The zero-order valence-corrected chi connectivity index (χ0v) is 5.71. The van der Waals surface area contributed by atoms with Crippen LogP contribution >= 0.6 is 0 Å². The van der Waals surface area contributed by atoms with Crippen molar-refractivity contribution in [3.8, 4) is 5.75 Å². The van der Waals surface area contributed by atoms with Crippen molar-refractivity contribution in [3.63, 3.8) is 0 Å². The van der Waals surface area contributed by atoms with E-state index in [9.17, 15) is 9.18 Å². The molecule has 0 saturated heterocycles. The summed E-state index contributed by atoms with van der Waals surface area (Å²) in [6, 6.07) is 6.34. The Morgan fingerprint density at radius 1 is 1.45 bits per heavy atom. The molecule has 11 heavy (non-hydrogen) atoms. The van der Waals surface area contributed by atoms with Gasteiger partial charge >= 0.3 is 0 Å². The minimum atomic E-state index is -0.932. The van der Waals surface area contributed by atoms with Gasteiger partial charge in [0.05, 0.1) is 5.56 Å². The van der Waals surface area contributed by atoms with Gasteiger partial charge in [-0.1, -0.05) is 12.1 Å². The highest BCUT2D eigenvalue weighted by atomic mass is 19.1. The third kappa shape index (κ3) is 1.77. The summed E-state index contributed by atoms with van der Waals surface area (Å²) >= 11 is 0. The van der Waals surface area contributed by atoms with Gasteiger partial charge in [0, 0.05) is 0 Å². The Hall–Kier alpha value is -1.38. The smallest absolute Gasteiger partial charge is 0.237 e. The highest BCUT2D eigenvalue weighted by Crippen LogP contribution is 2.14. The molecule has 0 fully saturated rings. The zero-order valence-electron chi connectivity index (χ0n) is 5.71. The van der Waals surface area contributed by atoms with Gasteiger partial charge in [-0.15, -0.1) is 0 Å². The van der Waals surface area contributed by atoms with Crippen molar-refractivity contribution in [3.05, 3.63) is 29.8 Å². The van der Waals surface area contributed by atoms with E-state index in [0.717, 1.165) is 0 Å². The Labute approximate surface area is 63.6 Å². The van der Waals surface area contributed by atoms with Crippen molar-refractivity contribution < 1.29 is 13.9 Å². The summed E-state index contributed by atoms with van der Waals surface area (Å²) in [7, 11) is 0. The van der Waals surface area contributed by atoms with Crippen LogP contribution in [0.4, 0.5) is 4.39 Å². The Kier molecular flexibility index (Phi) is 2.60. The molecular formula is C8H6FO2. The lowest BCUT2D eigenvalue weighted by atomic mass is 10.2. The van der Waals surface area contributed by atoms with Crippen molar-refractivity contribution in [1.29, 1.82) is 0 Å². The third-order valence-electron chi connectivity index (χ3n) is 1.21. The Balaban J connectivity index is 2.92. The number of hydrogen-bond donors (Lipinski definition) is 0. The van der Waals surface area contributed by atoms with E-state index in [1.165, 1.54) is 12.1 Å². The average Bonchev–Trinajstić information content (AvgIpc) is 2.06. The number of hydrogen-bond acceptors (Lipinski definition) is 2. The molecule has 0 unspecified atom stereocenters. The molecule has 0 spiro atoms. The number of para-hydroxylation sites is 1. The van der Waals surface area contributed by atoms with E-state index in [1.54, 1.807) is 18.4 Å². The summed E-state index contributed by atoms with van der Waals surface area (Å²) < 4.78 is 16.1. The molecule has 0 saturated carbocycles. The van der Waals surface area contributed by atoms with Crippen molar-refractivity contribution >= 4 is 6.29 Å². The lowest BCUT2D eigenvalue weighted by Crippen LogP contribution is -1.93. The summed E-state index contributed by atoms with van der Waals surface area (Å²) in [6.45, 7) is -0.932. The van der Waals surface area contributed by atoms with Crippen LogP contribution < -0.4 is 4.74 Å². The van der Waals surface area contributed by atoms with E-state index in [0.29, 0.717) is 0 Å². The molecule has 0 aromatic heterocycles. The molecule has 0 atom stereocenters. The van der Waals surface area contributed by atoms with Crippen LogP contribution in [0.1, 0.15) is 5.56 Å². The van der Waals surface area contributed by atoms with E-state index < -0.39 is 6.86 Å². The number of alkyl halides is 1. The van der Waals surface area contributed by atoms with Gasteiger partial charge < -0.3 is 4.74 Å². The van der Waals surface area contributed by atoms with E-state index in [2.05, 4.69) is 4.74 Å². The zero-order chi connectivity index (χ0) is 8.10. The molecule has 0 heterocycles. The Bertz CT molecular complexity index is 248. The van der Waals surface area contributed by atoms with Gasteiger partial charge in [0.15, 0.2) is 0 Å². The first-order valence-electron chi connectivity index (χ1n) is 3.04. The Morgan fingerprint density at radius 2 is 2.18 bits per heavy atom. The van der Waals surface area contributed by atoms with Crippen molar-refractivity contribution in [1.82, 2.24) is 0 Å². The number of halogens is 1. The molecule has 1 radical (unpaired) electrons. The van der Waals surface area contributed by atoms with Crippen LogP contribution in [0, 0.1) is 0 Å². The molecule has 57 valence electrons. The number of ether oxygens (including phenoxy) is 1. The van der Waals surface area contributed by atoms with Gasteiger partial charge in [-0.25, -0.2) is 4.39 Å². The fraction of sp³-hybridized carbons (Fsp3) is 0.125. The van der Waals surface area contributed by atoms with E-state index in [4.69, 9.17) is 0 Å². The maximum atomic E-state index is 11.6. The first kappa shape index (κ1) is 7.72. The van der Waals surface area contributed by atoms with Crippen LogP contribution in [0.25, 0.3) is 0 Å². The summed E-state index contributed by atoms with van der Waals surface area (Å²) in [5.74, 6) is 0.227. The molecular weight excluding hydrogens is 147 g/mol. The van der Waals surface area contributed by atoms with Crippen LogP contribution in [0.15, 0.2) is 24.3 Å². The predicted molar refractivity (Wildman–Crippen MR) is 37.8 cm³/mol. The van der Waals surface area contributed by atoms with E-state index >= 15 is 0 Å². The molecule has 0 aliphatic carbocycles. The van der Waals surface area contributed by atoms with Gasteiger partial charge in [-0.2, -0.15) is 0 Å². The van der Waals surface area contributed by atoms with Crippen molar-refractivity contribution in [2.24, 2.45) is 0 Å². The molecule has 0 aliphatic rings. The highest BCUT2D eigenvalue weighted by molar-refractivity contribution is 5.79. The first-order chi connectivity index (χ1) is 5.38. The topological polar surface area (TPSA) is 26.3 Å². The first-order valence-corrected chi connectivity index (χ1v) is 3.04. The molecule has 0 amide bonds. The van der Waals surface area contributed by atoms with Crippen molar-refractivity contribution in [2.75, 3.05) is 6.86 Å². The van der Waals surface area contributed by atoms with Crippen molar-refractivity contribution in [2.45, 2.75) is 0 Å². The highest BCUT2D eigenvalue weighted by Gasteiger charge is 2.00. The molecule has 1 aromatic rings. The standard InChI is InChI=1S/C8H6FO2/c9-6-11-8-4-2-1-3-7(8)5-10/h1-4H,6H2. The van der Waals surface area contributed by atoms with Crippen LogP contribution in [0.2, 0.25) is 0 Å². The third-order valence-corrected chi connectivity index (χ3v) is 1.21. The quantitative estimate of drug-likeness (QED) is 0.656. The number of rotatable bonds is 3. The Morgan fingerprint density at radius 3 is 2.82 bits per heavy atom. The second kappa shape index (κ2) is 3.71. The number of carbonyl (C=O) groups excluding carboxylic acids is 1. The summed E-state index contributed by atoms with van der Waals surface area (Å²) in [5.41, 5.74) is 0.241. The minimum Gasteiger partial charge on any atom is -0.462 e. The molecule has 0 bridgehead atoms. The largest absolute Gasteiger partial charge is 0.462 e. The fourth-order valence-electron chi connectivity index (χ4n) is 0.736. The normalized spacial score (nSPS) is 9.18. The molecule has 0 N–H and O–H groups in total. The van der Waals surface area contributed by atoms with E-state index in [-0.39, 0.29) is 11.3 Å². The van der Waals surface area contributed by atoms with Gasteiger partial charge in [0.2, 0.25) is 13.1 Å². The summed E-state index contributed by atoms with van der Waals surface area (Å²) in [5, 5.41) is 0. The van der Waals surface area contributed by atoms with E-state index in [1.807, 2.05) is 0 Å². The maximum Gasteiger partial charge on any atom is 0.237 e. The fourth-order valence-corrected chi connectivity index (χ4v) is 0.736. The minimum absolute atomic E-state index is 0.227. The van der Waals surface area contributed by atoms with Crippen LogP contribution in [0.3, 0.4) is 0 Å². The lowest BCUT2D eigenvalue weighted by molar-refractivity contribution is 0.191. The molecule has 1 aromatic carbocycles. The summed E-state index contributed by atoms with van der Waals surface area (Å²) in [6.07, 6.45) is 1.64. The van der Waals surface area contributed by atoms with Crippen LogP contribution in [-0.4, -0.2) is 13.1 Å². The average molecular weight is 153 g/mol. The molecule has 3 heteroatoms. The monoisotopic (exact) mass is 153 g/mol. The second-order valence-electron chi connectivity index (χ2n) is 1.85. The number of benzene rings is 1. The second-order valence-corrected chi connectivity index (χ2v) is 1.85. The maximum absolute atomic E-state index is 11.6. The van der Waals surface area contributed by atoms with Crippen LogP contribution in [-0.2, 0) is 4.79 Å². The predicted octanol–water partition coefficient (Wildman–Crippen LogP) is 1.45. The van der Waals surface area contributed by atoms with Gasteiger partial charge in [0.1, 0.15) is 5.75 Å². The molecule has 1 rings (SSSR count). The molecule has 0 aliphatic heterocycles. The van der Waals surface area contributed by atoms with Gasteiger partial charge in [-0.05, 0) is 12.1 Å².